The summed E-state index contributed by atoms with van der Waals surface area (Å²) in [6, 6.07) is 0. The van der Waals surface area contributed by atoms with Gasteiger partial charge in [0.25, 0.3) is 0 Å². The Morgan fingerprint density at radius 1 is 1.50 bits per heavy atom. The highest BCUT2D eigenvalue weighted by molar-refractivity contribution is 14.1. The fourth-order valence-corrected chi connectivity index (χ4v) is 2.08. The number of ether oxygens (including phenoxy) is 3. The topological polar surface area (TPSA) is 44.8 Å². The maximum Gasteiger partial charge on any atom is 0.338 e. The van der Waals surface area contributed by atoms with E-state index in [2.05, 4.69) is 0 Å². The quantitative estimate of drug-likeness (QED) is 0.441. The molecule has 2 rings (SSSR count). The number of halogens is 1. The summed E-state index contributed by atoms with van der Waals surface area (Å²) in [7, 11) is 0. The highest BCUT2D eigenvalue weighted by Crippen LogP contribution is 2.35. The molecule has 1 aliphatic heterocycles. The first-order valence-electron chi connectivity index (χ1n) is 4.73. The van der Waals surface area contributed by atoms with Gasteiger partial charge in [-0.2, -0.15) is 0 Å². The number of alkyl halides is 1. The number of hydrogen-bond donors (Lipinski definition) is 0. The molecule has 1 saturated carbocycles. The minimum Gasteiger partial charge on any atom is -0.460 e. The van der Waals surface area contributed by atoms with E-state index in [0.29, 0.717) is 0 Å². The molecule has 1 heterocycles. The Morgan fingerprint density at radius 3 is 2.57 bits per heavy atom. The van der Waals surface area contributed by atoms with Gasteiger partial charge < -0.3 is 14.2 Å². The fourth-order valence-electron chi connectivity index (χ4n) is 1.40. The minimum absolute atomic E-state index is 0.124. The van der Waals surface area contributed by atoms with Crippen molar-refractivity contribution in [2.45, 2.75) is 48.8 Å². The molecule has 1 aliphatic carbocycles. The van der Waals surface area contributed by atoms with E-state index in [1.807, 2.05) is 29.5 Å². The lowest BCUT2D eigenvalue weighted by Gasteiger charge is -2.14. The van der Waals surface area contributed by atoms with Crippen LogP contribution >= 0.6 is 22.6 Å². The van der Waals surface area contributed by atoms with E-state index < -0.39 is 9.90 Å². The van der Waals surface area contributed by atoms with Gasteiger partial charge in [-0.15, -0.1) is 0 Å². The van der Waals surface area contributed by atoms with E-state index in [4.69, 9.17) is 14.2 Å². The average molecular weight is 312 g/mol. The Morgan fingerprint density at radius 2 is 2.14 bits per heavy atom. The van der Waals surface area contributed by atoms with Gasteiger partial charge in [-0.3, -0.25) is 0 Å². The molecular weight excluding hydrogens is 299 g/mol. The molecule has 0 aromatic heterocycles. The third-order valence-electron chi connectivity index (χ3n) is 2.20. The molecule has 3 atom stereocenters. The van der Waals surface area contributed by atoms with Crippen molar-refractivity contribution in [1.82, 2.24) is 0 Å². The van der Waals surface area contributed by atoms with Gasteiger partial charge in [-0.05, 0) is 49.3 Å². The molecule has 2 fully saturated rings. The third-order valence-corrected chi connectivity index (χ3v) is 2.71. The molecule has 5 heteroatoms. The molecule has 14 heavy (non-hydrogen) atoms. The van der Waals surface area contributed by atoms with Crippen LogP contribution in [0, 0.1) is 0 Å². The normalized spacial score (nSPS) is 42.5. The van der Waals surface area contributed by atoms with Crippen molar-refractivity contribution >= 4 is 28.6 Å². The second kappa shape index (κ2) is 3.61. The Kier molecular flexibility index (Phi) is 2.74. The second-order valence-electron chi connectivity index (χ2n) is 3.83. The summed E-state index contributed by atoms with van der Waals surface area (Å²) in [6.45, 7) is 3.61. The van der Waals surface area contributed by atoms with Gasteiger partial charge in [0.2, 0.25) is 3.79 Å². The lowest BCUT2D eigenvalue weighted by Crippen LogP contribution is -2.31. The van der Waals surface area contributed by atoms with Crippen LogP contribution in [0.2, 0.25) is 0 Å². The number of hydrogen-bond acceptors (Lipinski definition) is 4. The van der Waals surface area contributed by atoms with Crippen LogP contribution in [0.3, 0.4) is 0 Å². The van der Waals surface area contributed by atoms with Crippen molar-refractivity contribution in [3.63, 3.8) is 0 Å². The highest BCUT2D eigenvalue weighted by atomic mass is 127. The van der Waals surface area contributed by atoms with Crippen LogP contribution in [0.25, 0.3) is 0 Å². The van der Waals surface area contributed by atoms with Crippen molar-refractivity contribution in [3.8, 4) is 0 Å². The first kappa shape index (κ1) is 10.6. The Bertz CT molecular complexity index is 249. The monoisotopic (exact) mass is 312 g/mol. The van der Waals surface area contributed by atoms with E-state index in [-0.39, 0.29) is 18.2 Å². The van der Waals surface area contributed by atoms with Crippen LogP contribution in [-0.2, 0) is 19.0 Å². The first-order chi connectivity index (χ1) is 6.48. The van der Waals surface area contributed by atoms with Gasteiger partial charge in [0, 0.05) is 0 Å². The van der Waals surface area contributed by atoms with Gasteiger partial charge in [0.05, 0.1) is 6.10 Å². The van der Waals surface area contributed by atoms with Gasteiger partial charge >= 0.3 is 5.97 Å². The van der Waals surface area contributed by atoms with Gasteiger partial charge in [-0.1, -0.05) is 0 Å². The molecule has 0 N–H and O–H groups in total. The number of carbonyl (C=O) groups is 1. The zero-order valence-electron chi connectivity index (χ0n) is 8.16. The predicted octanol–water partition coefficient (Wildman–Crippen LogP) is 1.60. The van der Waals surface area contributed by atoms with Crippen molar-refractivity contribution in [3.05, 3.63) is 0 Å². The smallest absolute Gasteiger partial charge is 0.338 e. The molecule has 80 valence electrons. The predicted molar refractivity (Wildman–Crippen MR) is 57.0 cm³/mol. The van der Waals surface area contributed by atoms with Gasteiger partial charge in [-0.25, -0.2) is 4.79 Å². The SMILES string of the molecule is CC1OC(C)(I)OC1C(=O)OC1CC1. The summed E-state index contributed by atoms with van der Waals surface area (Å²) >= 11 is 2.03. The molecule has 0 aromatic rings. The summed E-state index contributed by atoms with van der Waals surface area (Å²) < 4.78 is 15.3. The van der Waals surface area contributed by atoms with Crippen LogP contribution in [0.15, 0.2) is 0 Å². The fraction of sp³-hybridized carbons (Fsp3) is 0.889. The summed E-state index contributed by atoms with van der Waals surface area (Å²) in [6.07, 6.45) is 1.28. The molecule has 1 saturated heterocycles. The van der Waals surface area contributed by atoms with E-state index in [9.17, 15) is 4.79 Å². The second-order valence-corrected chi connectivity index (χ2v) is 5.79. The maximum atomic E-state index is 11.6. The zero-order valence-corrected chi connectivity index (χ0v) is 10.3. The number of rotatable bonds is 2. The molecule has 0 bridgehead atoms. The summed E-state index contributed by atoms with van der Waals surface area (Å²) in [5.74, 6) is -0.291. The molecule has 0 amide bonds. The lowest BCUT2D eigenvalue weighted by molar-refractivity contribution is -0.158. The zero-order chi connectivity index (χ0) is 10.3. The van der Waals surface area contributed by atoms with E-state index in [1.165, 1.54) is 0 Å². The highest BCUT2D eigenvalue weighted by Gasteiger charge is 2.46. The first-order valence-corrected chi connectivity index (χ1v) is 5.81. The van der Waals surface area contributed by atoms with Gasteiger partial charge in [0.15, 0.2) is 6.10 Å². The molecule has 3 unspecified atom stereocenters. The average Bonchev–Trinajstić information content (AvgIpc) is 2.78. The van der Waals surface area contributed by atoms with Crippen molar-refractivity contribution < 1.29 is 19.0 Å². The van der Waals surface area contributed by atoms with Crippen molar-refractivity contribution in [1.29, 1.82) is 0 Å². The number of esters is 1. The van der Waals surface area contributed by atoms with E-state index in [1.54, 1.807) is 6.92 Å². The Hall–Kier alpha value is 0.120. The van der Waals surface area contributed by atoms with Crippen LogP contribution in [0.1, 0.15) is 26.7 Å². The largest absolute Gasteiger partial charge is 0.460 e. The molecule has 0 radical (unpaired) electrons. The Balaban J connectivity index is 1.93. The van der Waals surface area contributed by atoms with Gasteiger partial charge in [0.1, 0.15) is 6.10 Å². The van der Waals surface area contributed by atoms with Crippen molar-refractivity contribution in [2.75, 3.05) is 0 Å². The lowest BCUT2D eigenvalue weighted by atomic mass is 10.2. The molecule has 4 nitrogen and oxygen atoms in total. The Labute approximate surface area is 96.4 Å². The summed E-state index contributed by atoms with van der Waals surface area (Å²) in [5.41, 5.74) is 0. The summed E-state index contributed by atoms with van der Waals surface area (Å²) in [5, 5.41) is 0. The summed E-state index contributed by atoms with van der Waals surface area (Å²) in [4.78, 5) is 11.6. The molecular formula is C9H13IO4. The van der Waals surface area contributed by atoms with Crippen LogP contribution in [-0.4, -0.2) is 28.1 Å². The van der Waals surface area contributed by atoms with Crippen molar-refractivity contribution in [2.24, 2.45) is 0 Å². The molecule has 2 aliphatic rings. The standard InChI is InChI=1S/C9H13IO4/c1-5-7(14-9(2,10)13-5)8(11)12-6-3-4-6/h5-7H,3-4H2,1-2H3. The van der Waals surface area contributed by atoms with Crippen LogP contribution in [0.5, 0.6) is 0 Å². The maximum absolute atomic E-state index is 11.6. The van der Waals surface area contributed by atoms with Crippen LogP contribution in [0.4, 0.5) is 0 Å². The minimum atomic E-state index is -0.704. The van der Waals surface area contributed by atoms with E-state index >= 15 is 0 Å². The molecule has 0 aromatic carbocycles. The van der Waals surface area contributed by atoms with Crippen LogP contribution < -0.4 is 0 Å². The molecule has 0 spiro atoms. The number of carbonyl (C=O) groups excluding carboxylic acids is 1. The third kappa shape index (κ3) is 2.38. The van der Waals surface area contributed by atoms with E-state index in [0.717, 1.165) is 12.8 Å².